The summed E-state index contributed by atoms with van der Waals surface area (Å²) >= 11 is 0. The average Bonchev–Trinajstić information content (AvgIpc) is 3.05. The van der Waals surface area contributed by atoms with E-state index in [0.29, 0.717) is 17.0 Å². The van der Waals surface area contributed by atoms with Gasteiger partial charge in [0.05, 0.1) is 16.6 Å². The number of rotatable bonds is 3. The van der Waals surface area contributed by atoms with Gasteiger partial charge in [-0.05, 0) is 39.8 Å². The Morgan fingerprint density at radius 1 is 1.52 bits per heavy atom. The van der Waals surface area contributed by atoms with Crippen molar-refractivity contribution in [3.05, 3.63) is 23.0 Å². The second-order valence-corrected chi connectivity index (χ2v) is 5.61. The first-order chi connectivity index (χ1) is 10.1. The number of hydrogen-bond acceptors (Lipinski definition) is 5. The van der Waals surface area contributed by atoms with E-state index in [1.54, 1.807) is 0 Å². The first-order valence-corrected chi connectivity index (χ1v) is 7.31. The molecule has 1 aliphatic rings. The molecule has 6 nitrogen and oxygen atoms in total. The van der Waals surface area contributed by atoms with Crippen LogP contribution in [0.15, 0.2) is 10.6 Å². The van der Waals surface area contributed by atoms with Gasteiger partial charge in [-0.1, -0.05) is 5.16 Å². The molecule has 1 unspecified atom stereocenters. The minimum atomic E-state index is 0.0505. The predicted molar refractivity (Wildman–Crippen MR) is 79.3 cm³/mol. The molecule has 2 aromatic heterocycles. The molecular formula is C15H20N4O2. The van der Waals surface area contributed by atoms with Crippen LogP contribution in [0.4, 0.5) is 0 Å². The molecule has 3 heterocycles. The van der Waals surface area contributed by atoms with Crippen LogP contribution in [-0.2, 0) is 0 Å². The zero-order valence-corrected chi connectivity index (χ0v) is 12.6. The van der Waals surface area contributed by atoms with Crippen molar-refractivity contribution in [2.45, 2.75) is 32.7 Å². The van der Waals surface area contributed by atoms with E-state index in [1.165, 1.54) is 0 Å². The van der Waals surface area contributed by atoms with Gasteiger partial charge in [0.2, 0.25) is 0 Å². The molecule has 1 saturated heterocycles. The third-order valence-corrected chi connectivity index (χ3v) is 4.05. The van der Waals surface area contributed by atoms with Crippen molar-refractivity contribution in [3.63, 3.8) is 0 Å². The van der Waals surface area contributed by atoms with E-state index in [2.05, 4.69) is 15.5 Å². The topological polar surface area (TPSA) is 71.3 Å². The largest absolute Gasteiger partial charge is 0.336 e. The lowest BCUT2D eigenvalue weighted by molar-refractivity contribution is 0.0739. The van der Waals surface area contributed by atoms with Crippen molar-refractivity contribution < 1.29 is 9.32 Å². The number of carbonyl (C=O) groups is 1. The summed E-state index contributed by atoms with van der Waals surface area (Å²) in [6.45, 7) is 5.33. The van der Waals surface area contributed by atoms with Gasteiger partial charge in [0.25, 0.3) is 11.6 Å². The van der Waals surface area contributed by atoms with Crippen molar-refractivity contribution in [1.82, 2.24) is 20.4 Å². The summed E-state index contributed by atoms with van der Waals surface area (Å²) in [5, 5.41) is 7.84. The fourth-order valence-electron chi connectivity index (χ4n) is 3.09. The maximum Gasteiger partial charge on any atom is 0.258 e. The number of carbonyl (C=O) groups excluding carboxylic acids is 1. The van der Waals surface area contributed by atoms with E-state index in [1.807, 2.05) is 31.9 Å². The van der Waals surface area contributed by atoms with Gasteiger partial charge < -0.3 is 14.7 Å². The number of likely N-dealkylation sites (N-methyl/N-ethyl adjacent to an activating group) is 1. The van der Waals surface area contributed by atoms with Crippen LogP contribution in [0.2, 0.25) is 0 Å². The summed E-state index contributed by atoms with van der Waals surface area (Å²) in [6, 6.07) is 2.09. The molecule has 1 N–H and O–H groups in total. The Morgan fingerprint density at radius 2 is 2.33 bits per heavy atom. The number of likely N-dealkylation sites (tertiary alicyclic amines) is 1. The lowest BCUT2D eigenvalue weighted by Crippen LogP contribution is -2.41. The van der Waals surface area contributed by atoms with Gasteiger partial charge >= 0.3 is 0 Å². The smallest absolute Gasteiger partial charge is 0.258 e. The highest BCUT2D eigenvalue weighted by Gasteiger charge is 2.30. The minimum absolute atomic E-state index is 0.0505. The van der Waals surface area contributed by atoms with Crippen molar-refractivity contribution in [1.29, 1.82) is 0 Å². The third-order valence-electron chi connectivity index (χ3n) is 4.05. The highest BCUT2D eigenvalue weighted by molar-refractivity contribution is 6.06. The summed E-state index contributed by atoms with van der Waals surface area (Å²) in [4.78, 5) is 19.2. The number of aryl methyl sites for hydroxylation is 2. The van der Waals surface area contributed by atoms with Crippen LogP contribution in [0.5, 0.6) is 0 Å². The molecule has 0 spiro atoms. The van der Waals surface area contributed by atoms with Crippen LogP contribution in [0.1, 0.15) is 34.6 Å². The monoisotopic (exact) mass is 288 g/mol. The SMILES string of the molecule is CNCC1CCCN1C(=O)c1cc(C)nc2onc(C)c12. The van der Waals surface area contributed by atoms with Crippen molar-refractivity contribution in [2.75, 3.05) is 20.1 Å². The molecule has 1 fully saturated rings. The molecule has 0 bridgehead atoms. The summed E-state index contributed by atoms with van der Waals surface area (Å²) in [5.41, 5.74) is 2.58. The Kier molecular flexibility index (Phi) is 3.63. The maximum atomic E-state index is 12.9. The fourth-order valence-corrected chi connectivity index (χ4v) is 3.09. The van der Waals surface area contributed by atoms with Crippen LogP contribution in [0.25, 0.3) is 11.1 Å². The summed E-state index contributed by atoms with van der Waals surface area (Å²) < 4.78 is 5.21. The Hall–Kier alpha value is -1.95. The molecule has 1 amide bonds. The highest BCUT2D eigenvalue weighted by Crippen LogP contribution is 2.26. The normalized spacial score (nSPS) is 18.6. The maximum absolute atomic E-state index is 12.9. The number of amides is 1. The molecule has 0 saturated carbocycles. The fraction of sp³-hybridized carbons (Fsp3) is 0.533. The van der Waals surface area contributed by atoms with Gasteiger partial charge in [0, 0.05) is 24.8 Å². The molecule has 0 aliphatic carbocycles. The van der Waals surface area contributed by atoms with Crippen LogP contribution >= 0.6 is 0 Å². The van der Waals surface area contributed by atoms with Gasteiger partial charge in [0.15, 0.2) is 0 Å². The molecule has 1 atom stereocenters. The highest BCUT2D eigenvalue weighted by atomic mass is 16.5. The standard InChI is InChI=1S/C15H20N4O2/c1-9-7-12(13-10(2)18-21-14(13)17-9)15(20)19-6-4-5-11(19)8-16-3/h7,11,16H,4-6,8H2,1-3H3. The van der Waals surface area contributed by atoms with Crippen molar-refractivity contribution in [3.8, 4) is 0 Å². The second kappa shape index (κ2) is 5.44. The molecule has 3 rings (SSSR count). The number of nitrogens with one attached hydrogen (secondary N) is 1. The number of pyridine rings is 1. The van der Waals surface area contributed by atoms with Crippen LogP contribution in [0.3, 0.4) is 0 Å². The average molecular weight is 288 g/mol. The molecule has 1 aliphatic heterocycles. The number of aromatic nitrogens is 2. The van der Waals surface area contributed by atoms with E-state index < -0.39 is 0 Å². The molecular weight excluding hydrogens is 268 g/mol. The van der Waals surface area contributed by atoms with Gasteiger partial charge in [-0.15, -0.1) is 0 Å². The van der Waals surface area contributed by atoms with E-state index in [9.17, 15) is 4.79 Å². The molecule has 112 valence electrons. The van der Waals surface area contributed by atoms with Crippen LogP contribution < -0.4 is 5.32 Å². The first kappa shape index (κ1) is 14.0. The van der Waals surface area contributed by atoms with Gasteiger partial charge in [-0.2, -0.15) is 0 Å². The minimum Gasteiger partial charge on any atom is -0.336 e. The van der Waals surface area contributed by atoms with Crippen LogP contribution in [-0.4, -0.2) is 47.1 Å². The summed E-state index contributed by atoms with van der Waals surface area (Å²) in [6.07, 6.45) is 2.09. The number of hydrogen-bond donors (Lipinski definition) is 1. The lowest BCUT2D eigenvalue weighted by Gasteiger charge is -2.25. The van der Waals surface area contributed by atoms with E-state index >= 15 is 0 Å². The van der Waals surface area contributed by atoms with Crippen molar-refractivity contribution in [2.24, 2.45) is 0 Å². The molecule has 0 aromatic carbocycles. The molecule has 6 heteroatoms. The molecule has 21 heavy (non-hydrogen) atoms. The van der Waals surface area contributed by atoms with Gasteiger partial charge in [-0.3, -0.25) is 4.79 Å². The van der Waals surface area contributed by atoms with E-state index in [0.717, 1.165) is 37.0 Å². The quantitative estimate of drug-likeness (QED) is 0.930. The number of nitrogens with zero attached hydrogens (tertiary/aromatic N) is 3. The Labute approximate surface area is 123 Å². The Balaban J connectivity index is 2.03. The second-order valence-electron chi connectivity index (χ2n) is 5.61. The summed E-state index contributed by atoms with van der Waals surface area (Å²) in [7, 11) is 1.92. The Morgan fingerprint density at radius 3 is 3.10 bits per heavy atom. The Bertz CT molecular complexity index is 680. The zero-order chi connectivity index (χ0) is 15.0. The lowest BCUT2D eigenvalue weighted by atomic mass is 10.1. The predicted octanol–water partition coefficient (Wildman–Crippen LogP) is 1.66. The summed E-state index contributed by atoms with van der Waals surface area (Å²) in [5.74, 6) is 0.0505. The van der Waals surface area contributed by atoms with Gasteiger partial charge in [-0.25, -0.2) is 4.98 Å². The van der Waals surface area contributed by atoms with Gasteiger partial charge in [0.1, 0.15) is 0 Å². The number of fused-ring (bicyclic) bond motifs is 1. The zero-order valence-electron chi connectivity index (χ0n) is 12.6. The van der Waals surface area contributed by atoms with Crippen molar-refractivity contribution >= 4 is 17.0 Å². The third kappa shape index (κ3) is 2.40. The molecule has 0 radical (unpaired) electrons. The van der Waals surface area contributed by atoms with E-state index in [-0.39, 0.29) is 11.9 Å². The molecule has 2 aromatic rings. The van der Waals surface area contributed by atoms with E-state index in [4.69, 9.17) is 4.52 Å². The van der Waals surface area contributed by atoms with Crippen LogP contribution in [0, 0.1) is 13.8 Å². The first-order valence-electron chi connectivity index (χ1n) is 7.31.